The van der Waals surface area contributed by atoms with Gasteiger partial charge < -0.3 is 0 Å². The summed E-state index contributed by atoms with van der Waals surface area (Å²) in [7, 11) is -2.69. The molecule has 10 heteroatoms. The van der Waals surface area contributed by atoms with Crippen molar-refractivity contribution in [3.05, 3.63) is 94.0 Å². The number of nitrogens with zero attached hydrogens (tertiary/aromatic N) is 4. The fourth-order valence-corrected chi connectivity index (χ4v) is 5.22. The lowest BCUT2D eigenvalue weighted by Gasteiger charge is -2.17. The van der Waals surface area contributed by atoms with Gasteiger partial charge in [0.2, 0.25) is 10.0 Å². The fraction of sp³-hybridized carbons (Fsp3) is 0.0952. The lowest BCUT2D eigenvalue weighted by molar-refractivity contribution is -0.387. The molecule has 4 aromatic rings. The maximum absolute atomic E-state index is 13.1. The molecular weight excluding hydrogens is 436 g/mol. The van der Waals surface area contributed by atoms with Gasteiger partial charge in [-0.3, -0.25) is 10.1 Å². The highest BCUT2D eigenvalue weighted by atomic mass is 32.2. The van der Waals surface area contributed by atoms with Crippen LogP contribution in [-0.2, 0) is 16.6 Å². The molecule has 0 aliphatic carbocycles. The zero-order valence-electron chi connectivity index (χ0n) is 16.5. The third-order valence-corrected chi connectivity index (χ3v) is 7.44. The highest BCUT2D eigenvalue weighted by Crippen LogP contribution is 2.31. The first-order valence-electron chi connectivity index (χ1n) is 9.25. The molecular formula is C21H18N4O4S2. The third-order valence-electron chi connectivity index (χ3n) is 4.71. The Balaban J connectivity index is 1.73. The van der Waals surface area contributed by atoms with E-state index in [2.05, 4.69) is 5.10 Å². The SMILES string of the molecule is CN(Cc1cn(-c2ccccc2)nc1-c1cccs1)S(=O)(=O)c1ccccc1[N+](=O)[O-]. The lowest BCUT2D eigenvalue weighted by Crippen LogP contribution is -2.27. The largest absolute Gasteiger partial charge is 0.289 e. The predicted octanol–water partition coefficient (Wildman–Crippen LogP) is 4.33. The summed E-state index contributed by atoms with van der Waals surface area (Å²) in [5, 5.41) is 17.9. The molecule has 31 heavy (non-hydrogen) atoms. The standard InChI is InChI=1S/C21H18N4O4S2/c1-23(31(28,29)20-12-6-5-10-18(20)25(26)27)14-16-15-24(17-8-3-2-4-9-17)22-21(16)19-11-7-13-30-19/h2-13,15H,14H2,1H3. The highest BCUT2D eigenvalue weighted by Gasteiger charge is 2.30. The predicted molar refractivity (Wildman–Crippen MR) is 119 cm³/mol. The molecule has 0 aliphatic rings. The summed E-state index contributed by atoms with van der Waals surface area (Å²) in [4.78, 5) is 11.2. The Kier molecular flexibility index (Phi) is 5.68. The molecule has 0 saturated carbocycles. The topological polar surface area (TPSA) is 98.3 Å². The fourth-order valence-electron chi connectivity index (χ4n) is 3.18. The van der Waals surface area contributed by atoms with E-state index < -0.39 is 20.6 Å². The summed E-state index contributed by atoms with van der Waals surface area (Å²) in [6, 6.07) is 18.7. The Hall–Kier alpha value is -3.34. The summed E-state index contributed by atoms with van der Waals surface area (Å²) in [6.45, 7) is 0.00838. The Bertz CT molecular complexity index is 1320. The molecule has 2 aromatic carbocycles. The van der Waals surface area contributed by atoms with Crippen molar-refractivity contribution in [3.63, 3.8) is 0 Å². The third kappa shape index (κ3) is 4.13. The summed E-state index contributed by atoms with van der Waals surface area (Å²) in [5.41, 5.74) is 1.75. The van der Waals surface area contributed by atoms with Crippen LogP contribution in [0, 0.1) is 10.1 Å². The quantitative estimate of drug-likeness (QED) is 0.306. The monoisotopic (exact) mass is 454 g/mol. The van der Waals surface area contributed by atoms with E-state index in [1.807, 2.05) is 47.8 Å². The van der Waals surface area contributed by atoms with Crippen molar-refractivity contribution in [3.8, 4) is 16.3 Å². The van der Waals surface area contributed by atoms with E-state index in [9.17, 15) is 18.5 Å². The zero-order valence-corrected chi connectivity index (χ0v) is 18.1. The smallest absolute Gasteiger partial charge is 0.258 e. The van der Waals surface area contributed by atoms with E-state index in [0.717, 1.165) is 14.9 Å². The lowest BCUT2D eigenvalue weighted by atomic mass is 10.2. The minimum absolute atomic E-state index is 0.00838. The van der Waals surface area contributed by atoms with Crippen LogP contribution in [0.15, 0.2) is 83.2 Å². The summed E-state index contributed by atoms with van der Waals surface area (Å²) in [6.07, 6.45) is 1.79. The number of thiophene rings is 1. The van der Waals surface area contributed by atoms with E-state index in [4.69, 9.17) is 0 Å². The van der Waals surface area contributed by atoms with E-state index in [0.29, 0.717) is 11.3 Å². The van der Waals surface area contributed by atoms with Crippen molar-refractivity contribution in [2.75, 3.05) is 7.05 Å². The molecule has 0 N–H and O–H groups in total. The molecule has 0 amide bonds. The van der Waals surface area contributed by atoms with Gasteiger partial charge in [-0.25, -0.2) is 13.1 Å². The summed E-state index contributed by atoms with van der Waals surface area (Å²) in [5.74, 6) is 0. The molecule has 0 atom stereocenters. The number of rotatable bonds is 7. The molecule has 0 saturated heterocycles. The highest BCUT2D eigenvalue weighted by molar-refractivity contribution is 7.89. The van der Waals surface area contributed by atoms with Crippen LogP contribution in [0.3, 0.4) is 0 Å². The molecule has 0 bridgehead atoms. The molecule has 2 aromatic heterocycles. The maximum Gasteiger partial charge on any atom is 0.289 e. The second-order valence-corrected chi connectivity index (χ2v) is 9.71. The maximum atomic E-state index is 13.1. The van der Waals surface area contributed by atoms with Crippen LogP contribution in [0.5, 0.6) is 0 Å². The number of nitro benzene ring substituents is 1. The first-order valence-corrected chi connectivity index (χ1v) is 11.6. The first-order chi connectivity index (χ1) is 14.9. The van der Waals surface area contributed by atoms with Gasteiger partial charge in [0.1, 0.15) is 5.69 Å². The Morgan fingerprint density at radius 1 is 1.06 bits per heavy atom. The van der Waals surface area contributed by atoms with Crippen LogP contribution in [-0.4, -0.2) is 34.5 Å². The van der Waals surface area contributed by atoms with Gasteiger partial charge in [-0.2, -0.15) is 9.40 Å². The van der Waals surface area contributed by atoms with Crippen LogP contribution in [0.2, 0.25) is 0 Å². The average molecular weight is 455 g/mol. The van der Waals surface area contributed by atoms with E-state index in [1.165, 1.54) is 42.6 Å². The summed E-state index contributed by atoms with van der Waals surface area (Å²) < 4.78 is 29.1. The van der Waals surface area contributed by atoms with Gasteiger partial charge >= 0.3 is 0 Å². The molecule has 158 valence electrons. The van der Waals surface area contributed by atoms with Crippen molar-refractivity contribution in [1.82, 2.24) is 14.1 Å². The minimum atomic E-state index is -4.10. The molecule has 0 spiro atoms. The average Bonchev–Trinajstić information content (AvgIpc) is 3.44. The van der Waals surface area contributed by atoms with Crippen LogP contribution in [0.4, 0.5) is 5.69 Å². The van der Waals surface area contributed by atoms with E-state index in [-0.39, 0.29) is 11.4 Å². The molecule has 0 radical (unpaired) electrons. The second-order valence-electron chi connectivity index (χ2n) is 6.75. The van der Waals surface area contributed by atoms with Crippen LogP contribution < -0.4 is 0 Å². The minimum Gasteiger partial charge on any atom is -0.258 e. The molecule has 8 nitrogen and oxygen atoms in total. The number of hydrogen-bond donors (Lipinski definition) is 0. The first kappa shape index (κ1) is 20.9. The number of sulfonamides is 1. The number of hydrogen-bond acceptors (Lipinski definition) is 6. The van der Waals surface area contributed by atoms with Crippen LogP contribution in [0.25, 0.3) is 16.3 Å². The zero-order chi connectivity index (χ0) is 22.0. The Morgan fingerprint density at radius 2 is 1.77 bits per heavy atom. The Morgan fingerprint density at radius 3 is 2.45 bits per heavy atom. The second kappa shape index (κ2) is 8.42. The van der Waals surface area contributed by atoms with Gasteiger partial charge in [-0.05, 0) is 29.6 Å². The van der Waals surface area contributed by atoms with Crippen molar-refractivity contribution in [1.29, 1.82) is 0 Å². The van der Waals surface area contributed by atoms with Crippen LogP contribution in [0.1, 0.15) is 5.56 Å². The molecule has 4 rings (SSSR count). The normalized spacial score (nSPS) is 11.7. The van der Waals surface area contributed by atoms with Gasteiger partial charge in [-0.1, -0.05) is 36.4 Å². The van der Waals surface area contributed by atoms with Gasteiger partial charge in [-0.15, -0.1) is 11.3 Å². The molecule has 0 aliphatic heterocycles. The van der Waals surface area contributed by atoms with E-state index in [1.54, 1.807) is 10.9 Å². The number of benzene rings is 2. The van der Waals surface area contributed by atoms with Gasteiger partial charge in [0.25, 0.3) is 5.69 Å². The van der Waals surface area contributed by atoms with E-state index >= 15 is 0 Å². The molecule has 0 fully saturated rings. The van der Waals surface area contributed by atoms with Crippen LogP contribution >= 0.6 is 11.3 Å². The van der Waals surface area contributed by atoms with Gasteiger partial charge in [0.15, 0.2) is 4.90 Å². The van der Waals surface area contributed by atoms with Crippen molar-refractivity contribution in [2.24, 2.45) is 0 Å². The molecule has 0 unspecified atom stereocenters. The van der Waals surface area contributed by atoms with Gasteiger partial charge in [0, 0.05) is 31.4 Å². The summed E-state index contributed by atoms with van der Waals surface area (Å²) >= 11 is 1.50. The van der Waals surface area contributed by atoms with Gasteiger partial charge in [0.05, 0.1) is 15.5 Å². The van der Waals surface area contributed by atoms with Crippen molar-refractivity contribution in [2.45, 2.75) is 11.4 Å². The number of para-hydroxylation sites is 2. The van der Waals surface area contributed by atoms with Crippen molar-refractivity contribution >= 4 is 27.0 Å². The Labute approximate surface area is 183 Å². The molecule has 2 heterocycles. The number of nitro groups is 1. The number of aromatic nitrogens is 2. The van der Waals surface area contributed by atoms with Crippen molar-refractivity contribution < 1.29 is 13.3 Å².